The van der Waals surface area contributed by atoms with Crippen LogP contribution in [0.2, 0.25) is 0 Å². The van der Waals surface area contributed by atoms with E-state index in [1.165, 1.54) is 18.2 Å². The first-order valence-corrected chi connectivity index (χ1v) is 5.26. The highest BCUT2D eigenvalue weighted by atomic mass is 19.3. The zero-order valence-electron chi connectivity index (χ0n) is 9.54. The second kappa shape index (κ2) is 5.17. The molecule has 0 aromatic heterocycles. The summed E-state index contributed by atoms with van der Waals surface area (Å²) in [4.78, 5) is 0. The highest BCUT2D eigenvalue weighted by molar-refractivity contribution is 5.68. The number of nitrogens with two attached hydrogens (primary N) is 1. The molecule has 2 nitrogen and oxygen atoms in total. The molecule has 2 rings (SSSR count). The standard InChI is InChI=1S/C13H9F4NO/c14-9-3-8(4-10(6-9)19-13(16)17)7-1-2-11(15)12(18)5-7/h1-6,13H,18H2. The molecule has 2 aromatic rings. The van der Waals surface area contributed by atoms with Crippen LogP contribution in [0.4, 0.5) is 23.2 Å². The predicted octanol–water partition coefficient (Wildman–Crippen LogP) is 3.82. The maximum atomic E-state index is 13.3. The second-order valence-electron chi connectivity index (χ2n) is 3.79. The van der Waals surface area contributed by atoms with E-state index in [2.05, 4.69) is 4.74 Å². The van der Waals surface area contributed by atoms with E-state index in [0.717, 1.165) is 18.2 Å². The Morgan fingerprint density at radius 1 is 0.947 bits per heavy atom. The van der Waals surface area contributed by atoms with Crippen LogP contribution < -0.4 is 10.5 Å². The maximum Gasteiger partial charge on any atom is 0.387 e. The number of halogens is 4. The van der Waals surface area contributed by atoms with Gasteiger partial charge in [0, 0.05) is 6.07 Å². The van der Waals surface area contributed by atoms with Crippen LogP contribution in [0.5, 0.6) is 5.75 Å². The lowest BCUT2D eigenvalue weighted by atomic mass is 10.0. The molecule has 0 atom stereocenters. The van der Waals surface area contributed by atoms with Gasteiger partial charge in [0.2, 0.25) is 0 Å². The Labute approximate surface area is 106 Å². The number of nitrogen functional groups attached to an aromatic ring is 1. The Hall–Kier alpha value is -2.24. The molecule has 0 spiro atoms. The Bertz CT molecular complexity index is 601. The first-order valence-electron chi connectivity index (χ1n) is 5.26. The van der Waals surface area contributed by atoms with Gasteiger partial charge in [0.25, 0.3) is 0 Å². The molecule has 0 aliphatic heterocycles. The van der Waals surface area contributed by atoms with Crippen molar-refractivity contribution >= 4 is 5.69 Å². The Morgan fingerprint density at radius 3 is 2.32 bits per heavy atom. The zero-order chi connectivity index (χ0) is 14.0. The SMILES string of the molecule is Nc1cc(-c2cc(F)cc(OC(F)F)c2)ccc1F. The quantitative estimate of drug-likeness (QED) is 0.680. The number of hydrogen-bond donors (Lipinski definition) is 1. The number of benzene rings is 2. The first-order chi connectivity index (χ1) is 8.95. The van der Waals surface area contributed by atoms with E-state index in [-0.39, 0.29) is 17.0 Å². The monoisotopic (exact) mass is 271 g/mol. The molecule has 0 fully saturated rings. The molecule has 2 aromatic carbocycles. The van der Waals surface area contributed by atoms with Gasteiger partial charge in [-0.05, 0) is 35.4 Å². The summed E-state index contributed by atoms with van der Waals surface area (Å²) in [5, 5.41) is 0. The van der Waals surface area contributed by atoms with Crippen LogP contribution in [-0.2, 0) is 0 Å². The van der Waals surface area contributed by atoms with Crippen molar-refractivity contribution in [3.8, 4) is 16.9 Å². The molecule has 0 bridgehead atoms. The van der Waals surface area contributed by atoms with E-state index in [9.17, 15) is 17.6 Å². The van der Waals surface area contributed by atoms with Crippen LogP contribution in [0.3, 0.4) is 0 Å². The molecule has 0 saturated carbocycles. The highest BCUT2D eigenvalue weighted by Crippen LogP contribution is 2.28. The van der Waals surface area contributed by atoms with E-state index < -0.39 is 18.2 Å². The summed E-state index contributed by atoms with van der Waals surface area (Å²) < 4.78 is 54.6. The average molecular weight is 271 g/mol. The zero-order valence-corrected chi connectivity index (χ0v) is 9.54. The van der Waals surface area contributed by atoms with Crippen molar-refractivity contribution in [3.63, 3.8) is 0 Å². The van der Waals surface area contributed by atoms with E-state index >= 15 is 0 Å². The van der Waals surface area contributed by atoms with Crippen molar-refractivity contribution in [1.29, 1.82) is 0 Å². The minimum Gasteiger partial charge on any atom is -0.435 e. The molecule has 0 aliphatic carbocycles. The van der Waals surface area contributed by atoms with Gasteiger partial charge in [-0.3, -0.25) is 0 Å². The van der Waals surface area contributed by atoms with E-state index in [4.69, 9.17) is 5.73 Å². The Morgan fingerprint density at radius 2 is 1.68 bits per heavy atom. The van der Waals surface area contributed by atoms with Crippen molar-refractivity contribution in [2.24, 2.45) is 0 Å². The third-order valence-electron chi connectivity index (χ3n) is 2.43. The number of ether oxygens (including phenoxy) is 1. The lowest BCUT2D eigenvalue weighted by Gasteiger charge is -2.08. The first kappa shape index (κ1) is 13.2. The Balaban J connectivity index is 2.43. The van der Waals surface area contributed by atoms with Gasteiger partial charge in [-0.15, -0.1) is 0 Å². The van der Waals surface area contributed by atoms with Gasteiger partial charge in [0.05, 0.1) is 5.69 Å². The third kappa shape index (κ3) is 3.15. The van der Waals surface area contributed by atoms with Crippen molar-refractivity contribution in [2.75, 3.05) is 5.73 Å². The summed E-state index contributed by atoms with van der Waals surface area (Å²) in [6, 6.07) is 6.95. The van der Waals surface area contributed by atoms with Crippen LogP contribution >= 0.6 is 0 Å². The van der Waals surface area contributed by atoms with E-state index in [1.807, 2.05) is 0 Å². The smallest absolute Gasteiger partial charge is 0.387 e. The van der Waals surface area contributed by atoms with Crippen molar-refractivity contribution in [3.05, 3.63) is 48.0 Å². The molecular weight excluding hydrogens is 262 g/mol. The van der Waals surface area contributed by atoms with Crippen molar-refractivity contribution in [2.45, 2.75) is 6.61 Å². The lowest BCUT2D eigenvalue weighted by molar-refractivity contribution is -0.0499. The molecule has 0 saturated heterocycles. The second-order valence-corrected chi connectivity index (χ2v) is 3.79. The van der Waals surface area contributed by atoms with Crippen LogP contribution in [0, 0.1) is 11.6 Å². The van der Waals surface area contributed by atoms with Crippen LogP contribution in [-0.4, -0.2) is 6.61 Å². The van der Waals surface area contributed by atoms with Crippen LogP contribution in [0.15, 0.2) is 36.4 Å². The molecular formula is C13H9F4NO. The molecule has 0 unspecified atom stereocenters. The van der Waals surface area contributed by atoms with Crippen LogP contribution in [0.1, 0.15) is 0 Å². The number of rotatable bonds is 3. The molecule has 0 amide bonds. The predicted molar refractivity (Wildman–Crippen MR) is 62.8 cm³/mol. The fourth-order valence-corrected chi connectivity index (χ4v) is 1.62. The number of hydrogen-bond acceptors (Lipinski definition) is 2. The van der Waals surface area contributed by atoms with Gasteiger partial charge in [-0.25, -0.2) is 8.78 Å². The van der Waals surface area contributed by atoms with Crippen molar-refractivity contribution < 1.29 is 22.3 Å². The highest BCUT2D eigenvalue weighted by Gasteiger charge is 2.09. The van der Waals surface area contributed by atoms with Crippen LogP contribution in [0.25, 0.3) is 11.1 Å². The molecule has 2 N–H and O–H groups in total. The van der Waals surface area contributed by atoms with Gasteiger partial charge in [-0.1, -0.05) is 6.07 Å². The van der Waals surface area contributed by atoms with E-state index in [1.54, 1.807) is 0 Å². The van der Waals surface area contributed by atoms with Gasteiger partial charge >= 0.3 is 6.61 Å². The summed E-state index contributed by atoms with van der Waals surface area (Å²) in [6.45, 7) is -3.05. The topological polar surface area (TPSA) is 35.2 Å². The summed E-state index contributed by atoms with van der Waals surface area (Å²) in [5.74, 6) is -1.66. The van der Waals surface area contributed by atoms with Gasteiger partial charge in [0.15, 0.2) is 0 Å². The lowest BCUT2D eigenvalue weighted by Crippen LogP contribution is -2.02. The molecule has 19 heavy (non-hydrogen) atoms. The molecule has 100 valence electrons. The Kier molecular flexibility index (Phi) is 3.59. The number of alkyl halides is 2. The molecule has 6 heteroatoms. The fourth-order valence-electron chi connectivity index (χ4n) is 1.62. The largest absolute Gasteiger partial charge is 0.435 e. The normalized spacial score (nSPS) is 10.8. The summed E-state index contributed by atoms with van der Waals surface area (Å²) >= 11 is 0. The maximum absolute atomic E-state index is 13.3. The summed E-state index contributed by atoms with van der Waals surface area (Å²) in [5.41, 5.74) is 5.95. The van der Waals surface area contributed by atoms with Gasteiger partial charge < -0.3 is 10.5 Å². The average Bonchev–Trinajstić information content (AvgIpc) is 2.31. The summed E-state index contributed by atoms with van der Waals surface area (Å²) in [6.07, 6.45) is 0. The molecule has 0 heterocycles. The van der Waals surface area contributed by atoms with Gasteiger partial charge in [-0.2, -0.15) is 8.78 Å². The minimum atomic E-state index is -3.05. The van der Waals surface area contributed by atoms with E-state index in [0.29, 0.717) is 5.56 Å². The third-order valence-corrected chi connectivity index (χ3v) is 2.43. The molecule has 0 aliphatic rings. The van der Waals surface area contributed by atoms with Crippen molar-refractivity contribution in [1.82, 2.24) is 0 Å². The minimum absolute atomic E-state index is 0.113. The number of anilines is 1. The van der Waals surface area contributed by atoms with Gasteiger partial charge in [0.1, 0.15) is 17.4 Å². The summed E-state index contributed by atoms with van der Waals surface area (Å²) in [7, 11) is 0. The molecule has 0 radical (unpaired) electrons. The fraction of sp³-hybridized carbons (Fsp3) is 0.0769.